The molecule has 0 radical (unpaired) electrons. The van der Waals surface area contributed by atoms with E-state index >= 15 is 0 Å². The van der Waals surface area contributed by atoms with E-state index in [2.05, 4.69) is 35.8 Å². The van der Waals surface area contributed by atoms with Crippen molar-refractivity contribution in [2.75, 3.05) is 13.2 Å². The van der Waals surface area contributed by atoms with Gasteiger partial charge in [-0.25, -0.2) is 4.79 Å². The van der Waals surface area contributed by atoms with Gasteiger partial charge in [0.25, 0.3) is 0 Å². The zero-order valence-electron chi connectivity index (χ0n) is 11.1. The van der Waals surface area contributed by atoms with Crippen molar-refractivity contribution in [2.45, 2.75) is 32.7 Å². The Morgan fingerprint density at radius 1 is 1.44 bits per heavy atom. The van der Waals surface area contributed by atoms with E-state index in [0.717, 1.165) is 6.42 Å². The number of amides is 2. The van der Waals surface area contributed by atoms with E-state index in [1.165, 1.54) is 11.1 Å². The molecule has 0 aromatic heterocycles. The Morgan fingerprint density at radius 3 is 2.89 bits per heavy atom. The van der Waals surface area contributed by atoms with Crippen LogP contribution in [-0.4, -0.2) is 30.3 Å². The summed E-state index contributed by atoms with van der Waals surface area (Å²) < 4.78 is 0. The zero-order valence-corrected chi connectivity index (χ0v) is 11.1. The Hall–Kier alpha value is -1.55. The van der Waals surface area contributed by atoms with Crippen molar-refractivity contribution in [3.8, 4) is 0 Å². The molecule has 3 N–H and O–H groups in total. The maximum atomic E-state index is 11.5. The number of benzene rings is 1. The highest BCUT2D eigenvalue weighted by atomic mass is 16.3. The monoisotopic (exact) mass is 250 g/mol. The van der Waals surface area contributed by atoms with Crippen LogP contribution in [0.1, 0.15) is 24.5 Å². The Morgan fingerprint density at radius 2 is 2.22 bits per heavy atom. The van der Waals surface area contributed by atoms with Crippen molar-refractivity contribution in [1.82, 2.24) is 10.6 Å². The van der Waals surface area contributed by atoms with Crippen LogP contribution in [0.15, 0.2) is 24.3 Å². The van der Waals surface area contributed by atoms with Gasteiger partial charge >= 0.3 is 6.03 Å². The molecular formula is C14H22N2O2. The van der Waals surface area contributed by atoms with Gasteiger partial charge in [-0.05, 0) is 32.3 Å². The third-order valence-electron chi connectivity index (χ3n) is 2.72. The molecule has 4 heteroatoms. The standard InChI is InChI=1S/C14H22N2O2/c1-11-4-3-5-13(10-11)6-8-15-14(18)16-12(2)7-9-17/h3-5,10,12,17H,6-9H2,1-2H3,(H2,15,16,18)/t12-/m1/s1. The van der Waals surface area contributed by atoms with Crippen LogP contribution < -0.4 is 10.6 Å². The molecule has 0 fully saturated rings. The summed E-state index contributed by atoms with van der Waals surface area (Å²) in [5.41, 5.74) is 2.45. The van der Waals surface area contributed by atoms with Gasteiger partial charge < -0.3 is 15.7 Å². The van der Waals surface area contributed by atoms with E-state index in [4.69, 9.17) is 5.11 Å². The molecule has 0 aliphatic carbocycles. The van der Waals surface area contributed by atoms with Crippen molar-refractivity contribution in [3.05, 3.63) is 35.4 Å². The number of carbonyl (C=O) groups excluding carboxylic acids is 1. The SMILES string of the molecule is Cc1cccc(CCNC(=O)N[C@H](C)CCO)c1. The lowest BCUT2D eigenvalue weighted by Gasteiger charge is -2.13. The van der Waals surface area contributed by atoms with Gasteiger partial charge in [0.15, 0.2) is 0 Å². The molecule has 2 amide bonds. The average molecular weight is 250 g/mol. The lowest BCUT2D eigenvalue weighted by Crippen LogP contribution is -2.41. The molecular weight excluding hydrogens is 228 g/mol. The van der Waals surface area contributed by atoms with Gasteiger partial charge in [0.1, 0.15) is 0 Å². The lowest BCUT2D eigenvalue weighted by atomic mass is 10.1. The smallest absolute Gasteiger partial charge is 0.315 e. The molecule has 0 aliphatic rings. The normalized spacial score (nSPS) is 11.9. The molecule has 1 aromatic rings. The number of aryl methyl sites for hydroxylation is 1. The third-order valence-corrected chi connectivity index (χ3v) is 2.72. The average Bonchev–Trinajstić information content (AvgIpc) is 2.29. The first-order valence-corrected chi connectivity index (χ1v) is 6.32. The Balaban J connectivity index is 2.23. The van der Waals surface area contributed by atoms with Gasteiger partial charge in [0.2, 0.25) is 0 Å². The predicted molar refractivity (Wildman–Crippen MR) is 72.6 cm³/mol. The van der Waals surface area contributed by atoms with Crippen molar-refractivity contribution < 1.29 is 9.90 Å². The Bertz CT molecular complexity index is 380. The second-order valence-corrected chi connectivity index (χ2v) is 4.55. The van der Waals surface area contributed by atoms with Gasteiger partial charge in [-0.2, -0.15) is 0 Å². The number of hydrogen-bond donors (Lipinski definition) is 3. The minimum Gasteiger partial charge on any atom is -0.396 e. The van der Waals surface area contributed by atoms with Crippen LogP contribution in [0.4, 0.5) is 4.79 Å². The van der Waals surface area contributed by atoms with E-state index < -0.39 is 0 Å². The van der Waals surface area contributed by atoms with Crippen LogP contribution in [-0.2, 0) is 6.42 Å². The fraction of sp³-hybridized carbons (Fsp3) is 0.500. The first kappa shape index (κ1) is 14.5. The van der Waals surface area contributed by atoms with Crippen molar-refractivity contribution in [3.63, 3.8) is 0 Å². The molecule has 0 unspecified atom stereocenters. The van der Waals surface area contributed by atoms with Crippen LogP contribution >= 0.6 is 0 Å². The predicted octanol–water partition coefficient (Wildman–Crippen LogP) is 1.61. The first-order chi connectivity index (χ1) is 8.61. The summed E-state index contributed by atoms with van der Waals surface area (Å²) in [6.07, 6.45) is 1.40. The summed E-state index contributed by atoms with van der Waals surface area (Å²) in [4.78, 5) is 11.5. The topological polar surface area (TPSA) is 61.4 Å². The quantitative estimate of drug-likeness (QED) is 0.718. The molecule has 0 saturated carbocycles. The van der Waals surface area contributed by atoms with Crippen molar-refractivity contribution in [2.24, 2.45) is 0 Å². The number of aliphatic hydroxyl groups is 1. The van der Waals surface area contributed by atoms with Crippen LogP contribution in [0.5, 0.6) is 0 Å². The largest absolute Gasteiger partial charge is 0.396 e. The van der Waals surface area contributed by atoms with Crippen LogP contribution in [0.2, 0.25) is 0 Å². The molecule has 1 atom stereocenters. The maximum Gasteiger partial charge on any atom is 0.315 e. The molecule has 100 valence electrons. The number of nitrogens with one attached hydrogen (secondary N) is 2. The molecule has 0 aliphatic heterocycles. The number of hydrogen-bond acceptors (Lipinski definition) is 2. The van der Waals surface area contributed by atoms with Gasteiger partial charge in [-0.15, -0.1) is 0 Å². The number of urea groups is 1. The van der Waals surface area contributed by atoms with Crippen LogP contribution in [0.3, 0.4) is 0 Å². The van der Waals surface area contributed by atoms with E-state index in [1.54, 1.807) is 0 Å². The summed E-state index contributed by atoms with van der Waals surface area (Å²) in [6.45, 7) is 4.63. The molecule has 0 spiro atoms. The van der Waals surface area contributed by atoms with E-state index in [0.29, 0.717) is 13.0 Å². The summed E-state index contributed by atoms with van der Waals surface area (Å²) in [7, 11) is 0. The minimum absolute atomic E-state index is 0.00558. The molecule has 1 aromatic carbocycles. The van der Waals surface area contributed by atoms with Gasteiger partial charge in [0, 0.05) is 19.2 Å². The van der Waals surface area contributed by atoms with E-state index in [9.17, 15) is 4.79 Å². The minimum atomic E-state index is -0.177. The summed E-state index contributed by atoms with van der Waals surface area (Å²) >= 11 is 0. The third kappa shape index (κ3) is 5.68. The second-order valence-electron chi connectivity index (χ2n) is 4.55. The molecule has 0 saturated heterocycles. The molecule has 18 heavy (non-hydrogen) atoms. The first-order valence-electron chi connectivity index (χ1n) is 6.32. The molecule has 0 bridgehead atoms. The van der Waals surface area contributed by atoms with Crippen LogP contribution in [0.25, 0.3) is 0 Å². The highest BCUT2D eigenvalue weighted by Gasteiger charge is 2.05. The number of carbonyl (C=O) groups is 1. The van der Waals surface area contributed by atoms with Gasteiger partial charge in [0.05, 0.1) is 0 Å². The summed E-state index contributed by atoms with van der Waals surface area (Å²) in [5, 5.41) is 14.3. The number of rotatable bonds is 6. The molecule has 1 rings (SSSR count). The van der Waals surface area contributed by atoms with Gasteiger partial charge in [-0.3, -0.25) is 0 Å². The summed E-state index contributed by atoms with van der Waals surface area (Å²) in [5.74, 6) is 0. The highest BCUT2D eigenvalue weighted by Crippen LogP contribution is 2.03. The Labute approximate surface area is 108 Å². The maximum absolute atomic E-state index is 11.5. The van der Waals surface area contributed by atoms with E-state index in [-0.39, 0.29) is 18.7 Å². The Kier molecular flexibility index (Phi) is 6.22. The zero-order chi connectivity index (χ0) is 13.4. The molecule has 0 heterocycles. The highest BCUT2D eigenvalue weighted by molar-refractivity contribution is 5.74. The fourth-order valence-electron chi connectivity index (χ4n) is 1.73. The molecule has 4 nitrogen and oxygen atoms in total. The lowest BCUT2D eigenvalue weighted by molar-refractivity contribution is 0.231. The van der Waals surface area contributed by atoms with Crippen molar-refractivity contribution >= 4 is 6.03 Å². The van der Waals surface area contributed by atoms with E-state index in [1.807, 2.05) is 13.0 Å². The summed E-state index contributed by atoms with van der Waals surface area (Å²) in [6, 6.07) is 8.07. The number of aliphatic hydroxyl groups excluding tert-OH is 1. The fourth-order valence-corrected chi connectivity index (χ4v) is 1.73. The second kappa shape index (κ2) is 7.71. The van der Waals surface area contributed by atoms with Crippen molar-refractivity contribution in [1.29, 1.82) is 0 Å². The van der Waals surface area contributed by atoms with Gasteiger partial charge in [-0.1, -0.05) is 29.8 Å². The van der Waals surface area contributed by atoms with Crippen LogP contribution in [0, 0.1) is 6.92 Å².